The van der Waals surface area contributed by atoms with E-state index in [0.717, 1.165) is 25.0 Å². The van der Waals surface area contributed by atoms with Gasteiger partial charge in [-0.05, 0) is 12.8 Å². The Balaban J connectivity index is 1.86. The van der Waals surface area contributed by atoms with Crippen LogP contribution in [-0.2, 0) is 4.79 Å². The zero-order valence-corrected chi connectivity index (χ0v) is 11.3. The van der Waals surface area contributed by atoms with Gasteiger partial charge in [-0.15, -0.1) is 11.8 Å². The maximum atomic E-state index is 11.4. The average molecular weight is 284 g/mol. The van der Waals surface area contributed by atoms with Crippen LogP contribution in [0, 0.1) is 6.57 Å². The summed E-state index contributed by atoms with van der Waals surface area (Å²) in [5.41, 5.74) is 1.41. The molecule has 0 radical (unpaired) electrons. The predicted octanol–water partition coefficient (Wildman–Crippen LogP) is -0.00750. The number of nitrogens with zero attached hydrogens (tertiary/aromatic N) is 1. The van der Waals surface area contributed by atoms with E-state index in [1.807, 2.05) is 0 Å². The lowest BCUT2D eigenvalue weighted by Gasteiger charge is -2.17. The quantitative estimate of drug-likeness (QED) is 0.188. The molecule has 8 heteroatoms. The van der Waals surface area contributed by atoms with Crippen LogP contribution in [0.5, 0.6) is 0 Å². The van der Waals surface area contributed by atoms with Crippen LogP contribution in [0.15, 0.2) is 0 Å². The summed E-state index contributed by atoms with van der Waals surface area (Å²) in [6.45, 7) is 5.51. The third-order valence-corrected chi connectivity index (χ3v) is 5.12. The molecule has 104 valence electrons. The summed E-state index contributed by atoms with van der Waals surface area (Å²) in [6, 6.07) is -0.264. The number of urea groups is 1. The molecular formula is C11H18N5O2S+. The van der Waals surface area contributed by atoms with Crippen LogP contribution in [0.3, 0.4) is 0 Å². The molecule has 2 saturated heterocycles. The summed E-state index contributed by atoms with van der Waals surface area (Å²) in [7, 11) is 0. The highest BCUT2D eigenvalue weighted by atomic mass is 32.2. The molecule has 7 nitrogen and oxygen atoms in total. The molecule has 2 heterocycles. The predicted molar refractivity (Wildman–Crippen MR) is 73.5 cm³/mol. The van der Waals surface area contributed by atoms with Crippen LogP contribution >= 0.6 is 11.8 Å². The van der Waals surface area contributed by atoms with Crippen LogP contribution in [0.25, 0.3) is 4.85 Å². The second-order valence-corrected chi connectivity index (χ2v) is 5.98. The number of carbonyl (C=O) groups excluding carboxylic acids is 2. The minimum absolute atomic E-state index is 0.0488. The third kappa shape index (κ3) is 2.62. The normalized spacial score (nSPS) is 32.1. The Kier molecular flexibility index (Phi) is 4.17. The van der Waals surface area contributed by atoms with Gasteiger partial charge in [-0.25, -0.2) is 10.6 Å². The fourth-order valence-electron chi connectivity index (χ4n) is 2.58. The first kappa shape index (κ1) is 14.0. The molecule has 19 heavy (non-hydrogen) atoms. The average Bonchev–Trinajstić information content (AvgIpc) is 2.89. The number of unbranched alkanes of at least 4 members (excludes halogenated alkanes) is 1. The SMILES string of the molecule is C#[N+][C@]12NC(=O)N[C@H]1CSC2CCCCC(=O)NN. The lowest BCUT2D eigenvalue weighted by Crippen LogP contribution is -2.50. The molecule has 0 aromatic carbocycles. The molecule has 0 aromatic rings. The van der Waals surface area contributed by atoms with Gasteiger partial charge in [-0.3, -0.25) is 15.5 Å². The van der Waals surface area contributed by atoms with E-state index < -0.39 is 5.66 Å². The van der Waals surface area contributed by atoms with Crippen LogP contribution in [0.2, 0.25) is 0 Å². The van der Waals surface area contributed by atoms with Gasteiger partial charge in [0.05, 0.1) is 0 Å². The van der Waals surface area contributed by atoms with E-state index in [4.69, 9.17) is 12.4 Å². The van der Waals surface area contributed by atoms with Crippen molar-refractivity contribution >= 4 is 23.7 Å². The molecule has 1 unspecified atom stereocenters. The van der Waals surface area contributed by atoms with E-state index in [1.165, 1.54) is 0 Å². The number of hydrogen-bond donors (Lipinski definition) is 4. The van der Waals surface area contributed by atoms with Crippen LogP contribution in [0.4, 0.5) is 4.79 Å². The largest absolute Gasteiger partial charge is 0.389 e. The van der Waals surface area contributed by atoms with Crippen molar-refractivity contribution in [3.63, 3.8) is 0 Å². The molecule has 3 atom stereocenters. The number of nitrogens with one attached hydrogen (secondary N) is 3. The van der Waals surface area contributed by atoms with Crippen LogP contribution < -0.4 is 21.9 Å². The maximum absolute atomic E-state index is 11.4. The van der Waals surface area contributed by atoms with Gasteiger partial charge >= 0.3 is 11.7 Å². The smallest absolute Gasteiger partial charge is 0.324 e. The molecule has 0 bridgehead atoms. The number of rotatable bonds is 5. The van der Waals surface area contributed by atoms with Crippen LogP contribution in [0.1, 0.15) is 25.7 Å². The van der Waals surface area contributed by atoms with Crippen molar-refractivity contribution in [2.24, 2.45) is 5.84 Å². The molecule has 0 aromatic heterocycles. The van der Waals surface area contributed by atoms with Crippen molar-refractivity contribution in [1.82, 2.24) is 16.1 Å². The van der Waals surface area contributed by atoms with E-state index in [0.29, 0.717) is 6.42 Å². The number of nitrogens with two attached hydrogens (primary N) is 1. The number of hydrogen-bond acceptors (Lipinski definition) is 4. The zero-order valence-electron chi connectivity index (χ0n) is 10.5. The fraction of sp³-hybridized carbons (Fsp3) is 0.727. The molecule has 0 spiro atoms. The first-order chi connectivity index (χ1) is 9.12. The molecule has 5 N–H and O–H groups in total. The van der Waals surface area contributed by atoms with Crippen molar-refractivity contribution in [3.05, 3.63) is 4.85 Å². The van der Waals surface area contributed by atoms with E-state index in [-0.39, 0.29) is 23.2 Å². The Labute approximate surface area is 115 Å². The minimum Gasteiger partial charge on any atom is -0.324 e. The van der Waals surface area contributed by atoms with Gasteiger partial charge in [0.25, 0.3) is 6.57 Å². The Morgan fingerprint density at radius 1 is 1.63 bits per heavy atom. The Morgan fingerprint density at radius 3 is 3.11 bits per heavy atom. The molecule has 2 rings (SSSR count). The summed E-state index contributed by atoms with van der Waals surface area (Å²) in [5.74, 6) is 5.65. The summed E-state index contributed by atoms with van der Waals surface area (Å²) < 4.78 is 0. The van der Waals surface area contributed by atoms with Gasteiger partial charge in [0.15, 0.2) is 0 Å². The Hall–Kier alpha value is -1.46. The van der Waals surface area contributed by atoms with Crippen molar-refractivity contribution in [2.45, 2.75) is 42.6 Å². The monoisotopic (exact) mass is 284 g/mol. The number of fused-ring (bicyclic) bond motifs is 1. The molecule has 2 aliphatic rings. The maximum Gasteiger partial charge on any atom is 0.389 e. The van der Waals surface area contributed by atoms with Gasteiger partial charge in [0, 0.05) is 12.2 Å². The molecule has 0 aliphatic carbocycles. The number of hydrazine groups is 1. The zero-order chi connectivity index (χ0) is 13.9. The number of thioether (sulfide) groups is 1. The highest BCUT2D eigenvalue weighted by Gasteiger charge is 2.65. The van der Waals surface area contributed by atoms with E-state index in [9.17, 15) is 9.59 Å². The molecule has 0 saturated carbocycles. The molecule has 2 fully saturated rings. The van der Waals surface area contributed by atoms with Gasteiger partial charge in [-0.2, -0.15) is 0 Å². The summed E-state index contributed by atoms with van der Waals surface area (Å²) >= 11 is 1.75. The van der Waals surface area contributed by atoms with Crippen molar-refractivity contribution in [1.29, 1.82) is 0 Å². The standard InChI is InChI=1S/C11H17N5O2S/c1-13-11-7(14-10(18)15-11)6-19-8(11)4-2-3-5-9(17)16-12/h1,7-8H,2-6,12H2,(H2-,14,15,16,17,18)/p+1/t7-,8?,11-/m0/s1. The lowest BCUT2D eigenvalue weighted by molar-refractivity contribution is -0.121. The number of amides is 3. The highest BCUT2D eigenvalue weighted by Crippen LogP contribution is 2.42. The van der Waals surface area contributed by atoms with E-state index in [1.54, 1.807) is 11.8 Å². The van der Waals surface area contributed by atoms with Crippen molar-refractivity contribution < 1.29 is 9.59 Å². The fourth-order valence-corrected chi connectivity index (χ4v) is 4.22. The van der Waals surface area contributed by atoms with Crippen LogP contribution in [-0.4, -0.2) is 34.6 Å². The van der Waals surface area contributed by atoms with Crippen molar-refractivity contribution in [3.8, 4) is 6.57 Å². The molecule has 3 amide bonds. The molecule has 2 aliphatic heterocycles. The van der Waals surface area contributed by atoms with Gasteiger partial charge in [0.2, 0.25) is 5.91 Å². The highest BCUT2D eigenvalue weighted by molar-refractivity contribution is 8.00. The Bertz CT molecular complexity index is 424. The van der Waals surface area contributed by atoms with E-state index in [2.05, 4.69) is 20.9 Å². The first-order valence-electron chi connectivity index (χ1n) is 6.24. The van der Waals surface area contributed by atoms with Crippen molar-refractivity contribution in [2.75, 3.05) is 5.75 Å². The van der Waals surface area contributed by atoms with Gasteiger partial charge in [-0.1, -0.05) is 11.3 Å². The lowest BCUT2D eigenvalue weighted by atomic mass is 9.96. The third-order valence-electron chi connectivity index (χ3n) is 3.60. The summed E-state index contributed by atoms with van der Waals surface area (Å²) in [6.07, 6.45) is 2.88. The summed E-state index contributed by atoms with van der Waals surface area (Å²) in [4.78, 5) is 26.3. The second kappa shape index (κ2) is 5.67. The van der Waals surface area contributed by atoms with Gasteiger partial charge < -0.3 is 5.32 Å². The summed E-state index contributed by atoms with van der Waals surface area (Å²) in [5, 5.41) is 5.80. The minimum atomic E-state index is -0.697. The second-order valence-electron chi connectivity index (χ2n) is 4.74. The number of carbonyl (C=O) groups is 2. The topological polar surface area (TPSA) is 101 Å². The van der Waals surface area contributed by atoms with E-state index >= 15 is 0 Å². The van der Waals surface area contributed by atoms with Gasteiger partial charge in [0.1, 0.15) is 11.3 Å². The molecular weight excluding hydrogens is 266 g/mol. The first-order valence-corrected chi connectivity index (χ1v) is 7.29. The Morgan fingerprint density at radius 2 is 2.42 bits per heavy atom.